The number of benzene rings is 3. The van der Waals surface area contributed by atoms with Crippen molar-refractivity contribution in [2.75, 3.05) is 40.0 Å². The molecule has 54 heavy (non-hydrogen) atoms. The van der Waals surface area contributed by atoms with Crippen molar-refractivity contribution >= 4 is 18.0 Å². The fourth-order valence-corrected chi connectivity index (χ4v) is 5.40. The first kappa shape index (κ1) is 41.2. The average molecular weight is 740 g/mol. The third kappa shape index (κ3) is 14.8. The molecular formula is C43H53N3O8. The number of carbonyl (C=O) groups excluding carboxylic acids is 3. The van der Waals surface area contributed by atoms with Crippen molar-refractivity contribution in [3.8, 4) is 39.8 Å². The van der Waals surface area contributed by atoms with Gasteiger partial charge in [-0.2, -0.15) is 0 Å². The van der Waals surface area contributed by atoms with E-state index >= 15 is 0 Å². The number of hydrogen-bond acceptors (Lipinski definition) is 9. The van der Waals surface area contributed by atoms with Crippen LogP contribution in [0.1, 0.15) is 64.9 Å². The summed E-state index contributed by atoms with van der Waals surface area (Å²) in [6.07, 6.45) is 3.31. The molecule has 11 nitrogen and oxygen atoms in total. The number of ether oxygens (including phenoxy) is 5. The lowest BCUT2D eigenvalue weighted by atomic mass is 10.0. The van der Waals surface area contributed by atoms with Crippen molar-refractivity contribution in [3.05, 3.63) is 96.6 Å². The summed E-state index contributed by atoms with van der Waals surface area (Å²) in [6, 6.07) is 29.8. The molecule has 0 unspecified atom stereocenters. The molecule has 0 saturated carbocycles. The van der Waals surface area contributed by atoms with E-state index in [2.05, 4.69) is 28.8 Å². The van der Waals surface area contributed by atoms with Crippen LogP contribution in [0.25, 0.3) is 22.4 Å². The first-order valence-corrected chi connectivity index (χ1v) is 18.5. The Labute approximate surface area is 318 Å². The summed E-state index contributed by atoms with van der Waals surface area (Å²) in [4.78, 5) is 41.1. The van der Waals surface area contributed by atoms with Gasteiger partial charge in [0.1, 0.15) is 17.1 Å². The Kier molecular flexibility index (Phi) is 16.6. The van der Waals surface area contributed by atoms with Gasteiger partial charge in [0.25, 0.3) is 0 Å². The Balaban J connectivity index is 1.20. The number of aromatic nitrogens is 1. The lowest BCUT2D eigenvalue weighted by Crippen LogP contribution is -2.34. The Morgan fingerprint density at radius 3 is 1.91 bits per heavy atom. The van der Waals surface area contributed by atoms with Crippen LogP contribution < -0.4 is 24.8 Å². The molecule has 0 bridgehead atoms. The predicted molar refractivity (Wildman–Crippen MR) is 209 cm³/mol. The molecule has 0 fully saturated rings. The van der Waals surface area contributed by atoms with Crippen LogP contribution in [0.5, 0.6) is 17.4 Å². The lowest BCUT2D eigenvalue weighted by molar-refractivity contribution is -0.139. The topological polar surface area (TPSA) is 134 Å². The minimum absolute atomic E-state index is 0.00627. The van der Waals surface area contributed by atoms with Gasteiger partial charge in [0.05, 0.1) is 39.0 Å². The maximum absolute atomic E-state index is 12.3. The fraction of sp³-hybridized carbons (Fsp3) is 0.395. The molecule has 0 aliphatic rings. The molecule has 0 saturated heterocycles. The Morgan fingerprint density at radius 1 is 0.648 bits per heavy atom. The monoisotopic (exact) mass is 739 g/mol. The number of hydrogen-bond donors (Lipinski definition) is 2. The standard InChI is InChI=1S/C43H53N3O8/c1-43(2,3)54-42(49)45-25-16-24-44-39(47)23-15-28-52-38-22-14-21-37(35(38)31-41(48)50-4)51-26-12-7-13-27-53-40-30-34(32-17-8-5-9-18-32)29-36(46-40)33-19-10-6-11-20-33/h5-6,8-11,14,17-22,29-30H,7,12-13,15-16,23-28,31H2,1-4H3,(H,44,47)(H,45,49). The molecule has 2 amide bonds. The smallest absolute Gasteiger partial charge is 0.407 e. The van der Waals surface area contributed by atoms with E-state index in [1.165, 1.54) is 7.11 Å². The van der Waals surface area contributed by atoms with Gasteiger partial charge in [0.2, 0.25) is 11.8 Å². The van der Waals surface area contributed by atoms with E-state index < -0.39 is 17.7 Å². The van der Waals surface area contributed by atoms with E-state index in [9.17, 15) is 14.4 Å². The van der Waals surface area contributed by atoms with Crippen molar-refractivity contribution in [2.45, 2.75) is 71.3 Å². The summed E-state index contributed by atoms with van der Waals surface area (Å²) >= 11 is 0. The summed E-state index contributed by atoms with van der Waals surface area (Å²) < 4.78 is 28.4. The van der Waals surface area contributed by atoms with E-state index in [4.69, 9.17) is 28.7 Å². The summed E-state index contributed by atoms with van der Waals surface area (Å²) in [5.74, 6) is 1.14. The molecule has 0 aliphatic heterocycles. The maximum Gasteiger partial charge on any atom is 0.407 e. The van der Waals surface area contributed by atoms with E-state index in [0.717, 1.165) is 41.6 Å². The molecule has 3 aromatic carbocycles. The van der Waals surface area contributed by atoms with Gasteiger partial charge in [0.15, 0.2) is 0 Å². The van der Waals surface area contributed by atoms with Gasteiger partial charge in [-0.05, 0) is 82.2 Å². The summed E-state index contributed by atoms with van der Waals surface area (Å²) in [7, 11) is 1.34. The van der Waals surface area contributed by atoms with Crippen LogP contribution >= 0.6 is 0 Å². The van der Waals surface area contributed by atoms with Crippen molar-refractivity contribution in [1.29, 1.82) is 0 Å². The van der Waals surface area contributed by atoms with Crippen LogP contribution in [-0.2, 0) is 25.5 Å². The minimum Gasteiger partial charge on any atom is -0.493 e. The van der Waals surface area contributed by atoms with Crippen molar-refractivity contribution in [2.24, 2.45) is 0 Å². The van der Waals surface area contributed by atoms with E-state index in [0.29, 0.717) is 62.1 Å². The second-order valence-electron chi connectivity index (χ2n) is 13.6. The first-order valence-electron chi connectivity index (χ1n) is 18.5. The molecule has 1 heterocycles. The second-order valence-corrected chi connectivity index (χ2v) is 13.6. The molecule has 0 spiro atoms. The summed E-state index contributed by atoms with van der Waals surface area (Å²) in [6.45, 7) is 7.47. The van der Waals surface area contributed by atoms with Crippen LogP contribution in [0, 0.1) is 0 Å². The van der Waals surface area contributed by atoms with Gasteiger partial charge in [-0.25, -0.2) is 9.78 Å². The summed E-state index contributed by atoms with van der Waals surface area (Å²) in [5, 5.41) is 5.51. The largest absolute Gasteiger partial charge is 0.493 e. The van der Waals surface area contributed by atoms with Gasteiger partial charge in [-0.15, -0.1) is 0 Å². The number of nitrogens with one attached hydrogen (secondary N) is 2. The van der Waals surface area contributed by atoms with Crippen LogP contribution in [0.2, 0.25) is 0 Å². The Bertz CT molecular complexity index is 1700. The quantitative estimate of drug-likeness (QED) is 0.0645. The number of alkyl carbamates (subject to hydrolysis) is 1. The molecule has 11 heteroatoms. The Hall–Kier alpha value is -5.58. The lowest BCUT2D eigenvalue weighted by Gasteiger charge is -2.19. The molecule has 288 valence electrons. The number of amides is 2. The molecule has 0 aliphatic carbocycles. The molecule has 1 aromatic heterocycles. The maximum atomic E-state index is 12.3. The molecule has 0 atom stereocenters. The minimum atomic E-state index is -0.559. The van der Waals surface area contributed by atoms with Gasteiger partial charge >= 0.3 is 12.1 Å². The summed E-state index contributed by atoms with van der Waals surface area (Å²) in [5.41, 5.74) is 4.08. The van der Waals surface area contributed by atoms with Crippen LogP contribution in [0.4, 0.5) is 4.79 Å². The number of rotatable bonds is 21. The van der Waals surface area contributed by atoms with E-state index in [-0.39, 0.29) is 25.4 Å². The second kappa shape index (κ2) is 21.8. The molecule has 4 rings (SSSR count). The Morgan fingerprint density at radius 2 is 1.26 bits per heavy atom. The van der Waals surface area contributed by atoms with Crippen molar-refractivity contribution < 1.29 is 38.1 Å². The first-order chi connectivity index (χ1) is 26.1. The number of nitrogens with zero attached hydrogens (tertiary/aromatic N) is 1. The highest BCUT2D eigenvalue weighted by molar-refractivity contribution is 5.76. The zero-order valence-corrected chi connectivity index (χ0v) is 31.9. The third-order valence-electron chi connectivity index (χ3n) is 8.06. The van der Waals surface area contributed by atoms with Gasteiger partial charge in [-0.3, -0.25) is 9.59 Å². The highest BCUT2D eigenvalue weighted by Gasteiger charge is 2.17. The van der Waals surface area contributed by atoms with Crippen molar-refractivity contribution in [3.63, 3.8) is 0 Å². The molecule has 4 aromatic rings. The van der Waals surface area contributed by atoms with Gasteiger partial charge < -0.3 is 34.3 Å². The highest BCUT2D eigenvalue weighted by atomic mass is 16.6. The van der Waals surface area contributed by atoms with E-state index in [1.807, 2.05) is 66.7 Å². The third-order valence-corrected chi connectivity index (χ3v) is 8.06. The zero-order chi connectivity index (χ0) is 38.6. The van der Waals surface area contributed by atoms with Crippen LogP contribution in [-0.4, -0.2) is 68.6 Å². The zero-order valence-electron chi connectivity index (χ0n) is 31.9. The highest BCUT2D eigenvalue weighted by Crippen LogP contribution is 2.31. The van der Waals surface area contributed by atoms with Gasteiger partial charge in [-0.1, -0.05) is 66.7 Å². The molecular weight excluding hydrogens is 686 g/mol. The number of carbonyl (C=O) groups is 3. The number of unbranched alkanes of at least 4 members (excludes halogenated alkanes) is 2. The number of pyridine rings is 1. The fourth-order valence-electron chi connectivity index (χ4n) is 5.40. The normalized spacial score (nSPS) is 11.0. The van der Waals surface area contributed by atoms with Crippen molar-refractivity contribution in [1.82, 2.24) is 15.6 Å². The number of esters is 1. The molecule has 0 radical (unpaired) electrons. The van der Waals surface area contributed by atoms with Crippen LogP contribution in [0.3, 0.4) is 0 Å². The molecule has 2 N–H and O–H groups in total. The van der Waals surface area contributed by atoms with Crippen LogP contribution in [0.15, 0.2) is 91.0 Å². The SMILES string of the molecule is COC(=O)Cc1c(OCCCCCOc2cc(-c3ccccc3)cc(-c3ccccc3)n2)cccc1OCCCC(=O)NCCCNC(=O)OC(C)(C)C. The average Bonchev–Trinajstić information content (AvgIpc) is 3.16. The van der Waals surface area contributed by atoms with Gasteiger partial charge in [0, 0.05) is 36.7 Å². The number of methoxy groups -OCH3 is 1. The van der Waals surface area contributed by atoms with E-state index in [1.54, 1.807) is 26.8 Å². The predicted octanol–water partition coefficient (Wildman–Crippen LogP) is 7.95.